The highest BCUT2D eigenvalue weighted by molar-refractivity contribution is 6.30. The van der Waals surface area contributed by atoms with E-state index in [2.05, 4.69) is 18.7 Å². The van der Waals surface area contributed by atoms with E-state index >= 15 is 0 Å². The van der Waals surface area contributed by atoms with E-state index in [-0.39, 0.29) is 0 Å². The van der Waals surface area contributed by atoms with Gasteiger partial charge in [-0.15, -0.1) is 0 Å². The molecule has 0 aliphatic rings. The Balaban J connectivity index is 3.17. The number of hydrogen-bond acceptors (Lipinski definition) is 0. The van der Waals surface area contributed by atoms with Gasteiger partial charge in [-0.25, -0.2) is 0 Å². The van der Waals surface area contributed by atoms with Gasteiger partial charge in [-0.3, -0.25) is 0 Å². The van der Waals surface area contributed by atoms with Gasteiger partial charge >= 0.3 is 5.69 Å². The van der Waals surface area contributed by atoms with Gasteiger partial charge in [0.25, 0.3) is 6.57 Å². The Morgan fingerprint density at radius 2 is 2.23 bits per heavy atom. The first kappa shape index (κ1) is 10.1. The lowest BCUT2D eigenvalue weighted by atomic mass is 9.97. The lowest BCUT2D eigenvalue weighted by Crippen LogP contribution is -1.90. The van der Waals surface area contributed by atoms with Crippen molar-refractivity contribution in [1.29, 1.82) is 0 Å². The minimum atomic E-state index is 0.445. The van der Waals surface area contributed by atoms with Gasteiger partial charge in [0.2, 0.25) is 0 Å². The zero-order valence-corrected chi connectivity index (χ0v) is 8.67. The zero-order valence-electron chi connectivity index (χ0n) is 7.92. The van der Waals surface area contributed by atoms with Crippen molar-refractivity contribution in [2.45, 2.75) is 26.2 Å². The summed E-state index contributed by atoms with van der Waals surface area (Å²) in [7, 11) is 0. The molecule has 68 valence electrons. The van der Waals surface area contributed by atoms with Crippen molar-refractivity contribution in [3.05, 3.63) is 33.6 Å². The predicted molar refractivity (Wildman–Crippen MR) is 58.1 cm³/mol. The summed E-state index contributed by atoms with van der Waals surface area (Å²) in [6, 6.07) is 5.59. The van der Waals surface area contributed by atoms with Gasteiger partial charge in [-0.2, -0.15) is 0 Å². The SMILES string of the molecule is C#[N+]c1ccc(Cl)cc1C(C)CC. The maximum absolute atomic E-state index is 5.89. The quantitative estimate of drug-likeness (QED) is 0.655. The second kappa shape index (κ2) is 4.30. The summed E-state index contributed by atoms with van der Waals surface area (Å²) < 4.78 is 0. The topological polar surface area (TPSA) is 4.36 Å². The van der Waals surface area contributed by atoms with Crippen LogP contribution in [0.3, 0.4) is 0 Å². The van der Waals surface area contributed by atoms with Crippen molar-refractivity contribution >= 4 is 17.3 Å². The van der Waals surface area contributed by atoms with Crippen molar-refractivity contribution in [2.75, 3.05) is 0 Å². The molecule has 1 aromatic carbocycles. The molecule has 0 aliphatic heterocycles. The minimum Gasteiger partial charge on any atom is -0.0843 e. The van der Waals surface area contributed by atoms with Crippen molar-refractivity contribution in [3.8, 4) is 6.57 Å². The first-order valence-corrected chi connectivity index (χ1v) is 4.77. The first-order chi connectivity index (χ1) is 6.19. The Morgan fingerprint density at radius 1 is 1.54 bits per heavy atom. The number of halogens is 1. The molecule has 0 fully saturated rings. The first-order valence-electron chi connectivity index (χ1n) is 4.39. The van der Waals surface area contributed by atoms with Crippen LogP contribution in [0.2, 0.25) is 5.02 Å². The minimum absolute atomic E-state index is 0.445. The van der Waals surface area contributed by atoms with E-state index in [4.69, 9.17) is 18.2 Å². The molecule has 1 rings (SSSR count). The Labute approximate surface area is 84.2 Å². The molecule has 0 amide bonds. The van der Waals surface area contributed by atoms with Gasteiger partial charge in [0.05, 0.1) is 0 Å². The van der Waals surface area contributed by atoms with E-state index in [1.165, 1.54) is 0 Å². The molecule has 0 saturated carbocycles. The zero-order chi connectivity index (χ0) is 9.84. The third kappa shape index (κ3) is 2.23. The van der Waals surface area contributed by atoms with Gasteiger partial charge in [-0.05, 0) is 29.3 Å². The molecule has 0 aromatic heterocycles. The Kier molecular flexibility index (Phi) is 3.33. The fourth-order valence-corrected chi connectivity index (χ4v) is 1.44. The fourth-order valence-electron chi connectivity index (χ4n) is 1.26. The van der Waals surface area contributed by atoms with E-state index in [1.807, 2.05) is 12.1 Å². The molecule has 1 atom stereocenters. The maximum Gasteiger partial charge on any atom is 0.343 e. The number of nitrogens with zero attached hydrogens (tertiary/aromatic N) is 1. The van der Waals surface area contributed by atoms with Gasteiger partial charge in [0.15, 0.2) is 0 Å². The monoisotopic (exact) mass is 194 g/mol. The summed E-state index contributed by atoms with van der Waals surface area (Å²) in [5.74, 6) is 0.445. The van der Waals surface area contributed by atoms with Crippen molar-refractivity contribution < 1.29 is 0 Å². The Bertz CT molecular complexity index is 338. The summed E-state index contributed by atoms with van der Waals surface area (Å²) in [4.78, 5) is 3.72. The van der Waals surface area contributed by atoms with Crippen molar-refractivity contribution in [2.24, 2.45) is 0 Å². The molecule has 0 bridgehead atoms. The van der Waals surface area contributed by atoms with Crippen LogP contribution in [-0.2, 0) is 0 Å². The molecular formula is C11H13ClN+. The molecule has 1 nitrogen and oxygen atoms in total. The van der Waals surface area contributed by atoms with Gasteiger partial charge in [0, 0.05) is 16.7 Å². The van der Waals surface area contributed by atoms with Crippen LogP contribution in [0.15, 0.2) is 18.2 Å². The van der Waals surface area contributed by atoms with Gasteiger partial charge in [0.1, 0.15) is 0 Å². The summed E-state index contributed by atoms with van der Waals surface area (Å²) in [6.45, 7) is 9.55. The molecule has 0 spiro atoms. The Hall–Kier alpha value is -1.00. The van der Waals surface area contributed by atoms with Crippen molar-refractivity contribution in [1.82, 2.24) is 0 Å². The molecule has 0 radical (unpaired) electrons. The second-order valence-electron chi connectivity index (χ2n) is 3.14. The van der Waals surface area contributed by atoms with Crippen LogP contribution in [0.4, 0.5) is 5.69 Å². The molecule has 1 aromatic rings. The van der Waals surface area contributed by atoms with Crippen LogP contribution in [0.5, 0.6) is 0 Å². The van der Waals surface area contributed by atoms with Crippen LogP contribution < -0.4 is 0 Å². The predicted octanol–water partition coefficient (Wildman–Crippen LogP) is 4.45. The van der Waals surface area contributed by atoms with E-state index < -0.39 is 0 Å². The third-order valence-corrected chi connectivity index (χ3v) is 2.51. The van der Waals surface area contributed by atoms with E-state index in [1.54, 1.807) is 6.07 Å². The van der Waals surface area contributed by atoms with Crippen LogP contribution in [-0.4, -0.2) is 0 Å². The maximum atomic E-state index is 5.89. The van der Waals surface area contributed by atoms with E-state index in [9.17, 15) is 0 Å². The smallest absolute Gasteiger partial charge is 0.0843 e. The number of rotatable bonds is 2. The Morgan fingerprint density at radius 3 is 2.77 bits per heavy atom. The van der Waals surface area contributed by atoms with Gasteiger partial charge in [-0.1, -0.05) is 25.4 Å². The lowest BCUT2D eigenvalue weighted by molar-refractivity contribution is 0.736. The molecule has 0 aliphatic carbocycles. The molecule has 2 heteroatoms. The highest BCUT2D eigenvalue weighted by Crippen LogP contribution is 2.31. The summed E-state index contributed by atoms with van der Waals surface area (Å²) in [6.07, 6.45) is 1.06. The van der Waals surface area contributed by atoms with Crippen LogP contribution in [0.1, 0.15) is 31.7 Å². The van der Waals surface area contributed by atoms with Crippen LogP contribution >= 0.6 is 11.6 Å². The second-order valence-corrected chi connectivity index (χ2v) is 3.58. The molecule has 0 N–H and O–H groups in total. The van der Waals surface area contributed by atoms with Crippen LogP contribution in [0, 0.1) is 6.57 Å². The fraction of sp³-hybridized carbons (Fsp3) is 0.364. The summed E-state index contributed by atoms with van der Waals surface area (Å²) in [5, 5.41) is 0.739. The average molecular weight is 195 g/mol. The largest absolute Gasteiger partial charge is 0.343 e. The summed E-state index contributed by atoms with van der Waals surface area (Å²) >= 11 is 5.89. The van der Waals surface area contributed by atoms with E-state index in [0.29, 0.717) is 5.92 Å². The third-order valence-electron chi connectivity index (χ3n) is 2.27. The van der Waals surface area contributed by atoms with Crippen molar-refractivity contribution in [3.63, 3.8) is 0 Å². The molecular weight excluding hydrogens is 182 g/mol. The molecule has 0 heterocycles. The number of benzene rings is 1. The molecule has 0 saturated heterocycles. The normalized spacial score (nSPS) is 12.2. The number of hydrogen-bond donors (Lipinski definition) is 0. The average Bonchev–Trinajstić information content (AvgIpc) is 2.16. The van der Waals surface area contributed by atoms with E-state index in [0.717, 1.165) is 22.7 Å². The van der Waals surface area contributed by atoms with Gasteiger partial charge < -0.3 is 0 Å². The highest BCUT2D eigenvalue weighted by Gasteiger charge is 2.15. The standard InChI is InChI=1S/C11H13ClN/c1-4-8(2)10-7-9(12)5-6-11(10)13-3/h3,5-8H,4H2,1-2H3/q+1. The van der Waals surface area contributed by atoms with Crippen LogP contribution in [0.25, 0.3) is 4.85 Å². The summed E-state index contributed by atoms with van der Waals surface area (Å²) in [5.41, 5.74) is 1.95. The lowest BCUT2D eigenvalue weighted by Gasteiger charge is -2.06. The molecule has 13 heavy (non-hydrogen) atoms. The molecule has 1 unspecified atom stereocenters. The highest BCUT2D eigenvalue weighted by atomic mass is 35.5.